The molecule has 1 saturated heterocycles. The summed E-state index contributed by atoms with van der Waals surface area (Å²) < 4.78 is 42.0. The van der Waals surface area contributed by atoms with Crippen molar-refractivity contribution >= 4 is 23.1 Å². The van der Waals surface area contributed by atoms with Gasteiger partial charge in [-0.25, -0.2) is 15.0 Å². The van der Waals surface area contributed by atoms with Gasteiger partial charge in [0.1, 0.15) is 5.82 Å². The fraction of sp³-hybridized carbons (Fsp3) is 0.250. The summed E-state index contributed by atoms with van der Waals surface area (Å²) in [5.41, 5.74) is 2.35. The minimum atomic E-state index is -4.49. The lowest BCUT2D eigenvalue weighted by Gasteiger charge is -2.35. The molecule has 0 saturated carbocycles. The second kappa shape index (κ2) is 11.1. The van der Waals surface area contributed by atoms with E-state index in [4.69, 9.17) is 0 Å². The van der Waals surface area contributed by atoms with E-state index in [-0.39, 0.29) is 17.3 Å². The Bertz CT molecular complexity index is 1370. The average Bonchev–Trinajstić information content (AvgIpc) is 2.93. The molecule has 38 heavy (non-hydrogen) atoms. The van der Waals surface area contributed by atoms with Gasteiger partial charge in [0.2, 0.25) is 5.95 Å². The van der Waals surface area contributed by atoms with Gasteiger partial charge in [0, 0.05) is 62.1 Å². The predicted molar refractivity (Wildman–Crippen MR) is 143 cm³/mol. The van der Waals surface area contributed by atoms with Crippen LogP contribution < -0.4 is 15.5 Å². The summed E-state index contributed by atoms with van der Waals surface area (Å²) in [5.74, 6) is 0.896. The van der Waals surface area contributed by atoms with E-state index in [9.17, 15) is 13.2 Å². The molecule has 0 amide bonds. The van der Waals surface area contributed by atoms with E-state index >= 15 is 0 Å². The fourth-order valence-corrected chi connectivity index (χ4v) is 4.35. The molecular formula is C28H28F3N7. The monoisotopic (exact) mass is 519 g/mol. The molecule has 4 aromatic rings. The Hall–Kier alpha value is -4.18. The van der Waals surface area contributed by atoms with Gasteiger partial charge in [-0.2, -0.15) is 13.2 Å². The topological polar surface area (TPSA) is 69.2 Å². The van der Waals surface area contributed by atoms with Crippen molar-refractivity contribution in [3.05, 3.63) is 90.3 Å². The van der Waals surface area contributed by atoms with E-state index in [1.807, 2.05) is 49.5 Å². The van der Waals surface area contributed by atoms with Crippen molar-refractivity contribution in [1.82, 2.24) is 19.9 Å². The van der Waals surface area contributed by atoms with Gasteiger partial charge in [-0.05, 0) is 49.0 Å². The Balaban J connectivity index is 1.34. The largest absolute Gasteiger partial charge is 0.418 e. The Morgan fingerprint density at radius 1 is 0.868 bits per heavy atom. The molecule has 196 valence electrons. The number of pyridine rings is 1. The molecule has 7 nitrogen and oxygen atoms in total. The number of nitrogens with zero attached hydrogens (tertiary/aromatic N) is 5. The number of anilines is 4. The number of hydrogen-bond acceptors (Lipinski definition) is 7. The smallest absolute Gasteiger partial charge is 0.368 e. The van der Waals surface area contributed by atoms with Crippen LogP contribution in [0.25, 0.3) is 11.3 Å². The van der Waals surface area contributed by atoms with E-state index < -0.39 is 11.7 Å². The lowest BCUT2D eigenvalue weighted by Crippen LogP contribution is -2.45. The molecule has 0 atom stereocenters. The van der Waals surface area contributed by atoms with Crippen molar-refractivity contribution in [2.75, 3.05) is 48.8 Å². The third kappa shape index (κ3) is 6.20. The molecule has 0 unspecified atom stereocenters. The van der Waals surface area contributed by atoms with Crippen LogP contribution in [0.5, 0.6) is 0 Å². The second-order valence-corrected chi connectivity index (χ2v) is 9.18. The first-order chi connectivity index (χ1) is 18.3. The molecule has 3 heterocycles. The number of rotatable bonds is 7. The zero-order valence-electron chi connectivity index (χ0n) is 20.9. The van der Waals surface area contributed by atoms with Crippen molar-refractivity contribution in [3.8, 4) is 11.3 Å². The van der Waals surface area contributed by atoms with Gasteiger partial charge in [-0.15, -0.1) is 0 Å². The summed E-state index contributed by atoms with van der Waals surface area (Å²) in [4.78, 5) is 17.0. The van der Waals surface area contributed by atoms with Crippen LogP contribution in [0.4, 0.5) is 36.3 Å². The lowest BCUT2D eigenvalue weighted by molar-refractivity contribution is -0.137. The second-order valence-electron chi connectivity index (χ2n) is 9.18. The van der Waals surface area contributed by atoms with E-state index in [0.717, 1.165) is 30.3 Å². The van der Waals surface area contributed by atoms with Crippen molar-refractivity contribution in [2.24, 2.45) is 0 Å². The van der Waals surface area contributed by atoms with Crippen LogP contribution in [0.15, 0.2) is 79.1 Å². The van der Waals surface area contributed by atoms with Crippen LogP contribution in [0, 0.1) is 0 Å². The van der Waals surface area contributed by atoms with Crippen LogP contribution in [0.2, 0.25) is 0 Å². The maximum Gasteiger partial charge on any atom is 0.418 e. The van der Waals surface area contributed by atoms with Gasteiger partial charge in [0.05, 0.1) is 11.3 Å². The van der Waals surface area contributed by atoms with E-state index in [1.54, 1.807) is 29.4 Å². The fourth-order valence-electron chi connectivity index (χ4n) is 4.35. The molecule has 0 radical (unpaired) electrons. The van der Waals surface area contributed by atoms with E-state index in [2.05, 4.69) is 30.5 Å². The number of likely N-dealkylation sites (N-methyl/N-ethyl adjacent to an activating group) is 1. The lowest BCUT2D eigenvalue weighted by atomic mass is 10.1. The molecule has 2 N–H and O–H groups in total. The third-order valence-electron chi connectivity index (χ3n) is 6.43. The predicted octanol–water partition coefficient (Wildman–Crippen LogP) is 5.66. The summed E-state index contributed by atoms with van der Waals surface area (Å²) in [6.07, 6.45) is -1.23. The molecule has 2 aromatic carbocycles. The third-order valence-corrected chi connectivity index (χ3v) is 6.43. The van der Waals surface area contributed by atoms with Crippen LogP contribution in [0.3, 0.4) is 0 Å². The number of halogens is 3. The molecule has 10 heteroatoms. The van der Waals surface area contributed by atoms with E-state index in [0.29, 0.717) is 31.1 Å². The SMILES string of the molecule is CN1CCN(c2ccc(Nc3nccc(-c4ccnc(NCc5ccccc5)c4)n3)cc2C(F)(F)F)CC1. The van der Waals surface area contributed by atoms with Crippen molar-refractivity contribution in [1.29, 1.82) is 0 Å². The van der Waals surface area contributed by atoms with Gasteiger partial charge < -0.3 is 20.4 Å². The summed E-state index contributed by atoms with van der Waals surface area (Å²) in [7, 11) is 1.97. The summed E-state index contributed by atoms with van der Waals surface area (Å²) in [5, 5.41) is 6.24. The number of nitrogens with one attached hydrogen (secondary N) is 2. The average molecular weight is 520 g/mol. The van der Waals surface area contributed by atoms with Crippen molar-refractivity contribution < 1.29 is 13.2 Å². The highest BCUT2D eigenvalue weighted by atomic mass is 19.4. The van der Waals surface area contributed by atoms with Crippen molar-refractivity contribution in [3.63, 3.8) is 0 Å². The molecule has 1 aliphatic heterocycles. The van der Waals surface area contributed by atoms with Crippen LogP contribution >= 0.6 is 0 Å². The van der Waals surface area contributed by atoms with Crippen molar-refractivity contribution in [2.45, 2.75) is 12.7 Å². The van der Waals surface area contributed by atoms with Crippen LogP contribution in [-0.4, -0.2) is 53.1 Å². The molecular weight excluding hydrogens is 491 g/mol. The minimum Gasteiger partial charge on any atom is -0.368 e. The summed E-state index contributed by atoms with van der Waals surface area (Å²) in [6, 6.07) is 19.7. The zero-order chi connectivity index (χ0) is 26.5. The van der Waals surface area contributed by atoms with Gasteiger partial charge in [-0.3, -0.25) is 0 Å². The number of alkyl halides is 3. The highest BCUT2D eigenvalue weighted by Gasteiger charge is 2.35. The molecule has 0 spiro atoms. The van der Waals surface area contributed by atoms with E-state index in [1.165, 1.54) is 6.07 Å². The molecule has 5 rings (SSSR count). The standard InChI is InChI=1S/C28H28F3N7/c1-37-13-15-38(16-14-37)25-8-7-22(18-23(25)28(29,30)31)35-27-33-12-10-24(36-27)21-9-11-32-26(17-21)34-19-20-5-3-2-4-6-20/h2-12,17-18H,13-16,19H2,1H3,(H,32,34)(H,33,35,36). The Morgan fingerprint density at radius 2 is 1.63 bits per heavy atom. The first-order valence-electron chi connectivity index (χ1n) is 12.3. The maximum atomic E-state index is 14.0. The Labute approximate surface area is 219 Å². The van der Waals surface area contributed by atoms with Crippen LogP contribution in [-0.2, 0) is 12.7 Å². The maximum absolute atomic E-state index is 14.0. The normalized spacial score (nSPS) is 14.4. The first kappa shape index (κ1) is 25.5. The minimum absolute atomic E-state index is 0.193. The molecule has 0 bridgehead atoms. The molecule has 0 aliphatic carbocycles. The van der Waals surface area contributed by atoms with Gasteiger partial charge in [0.25, 0.3) is 0 Å². The highest BCUT2D eigenvalue weighted by Crippen LogP contribution is 2.39. The molecule has 1 fully saturated rings. The molecule has 1 aliphatic rings. The number of piperazine rings is 1. The summed E-state index contributed by atoms with van der Waals surface area (Å²) >= 11 is 0. The first-order valence-corrected chi connectivity index (χ1v) is 12.3. The quantitative estimate of drug-likeness (QED) is 0.326. The Morgan fingerprint density at radius 3 is 2.39 bits per heavy atom. The van der Waals surface area contributed by atoms with Gasteiger partial charge >= 0.3 is 6.18 Å². The zero-order valence-corrected chi connectivity index (χ0v) is 20.9. The highest BCUT2D eigenvalue weighted by molar-refractivity contribution is 5.67. The summed E-state index contributed by atoms with van der Waals surface area (Å²) in [6.45, 7) is 3.16. The molecule has 2 aromatic heterocycles. The van der Waals surface area contributed by atoms with Gasteiger partial charge in [-0.1, -0.05) is 30.3 Å². The Kier molecular flexibility index (Phi) is 7.41. The number of benzene rings is 2. The number of aromatic nitrogens is 3. The van der Waals surface area contributed by atoms with Crippen LogP contribution in [0.1, 0.15) is 11.1 Å². The number of hydrogen-bond donors (Lipinski definition) is 2. The van der Waals surface area contributed by atoms with Gasteiger partial charge in [0.15, 0.2) is 0 Å².